The summed E-state index contributed by atoms with van der Waals surface area (Å²) in [7, 11) is -4.12. The van der Waals surface area contributed by atoms with Crippen LogP contribution in [-0.2, 0) is 16.6 Å². The maximum absolute atomic E-state index is 13.7. The minimum atomic E-state index is -4.12. The van der Waals surface area contributed by atoms with Gasteiger partial charge in [-0.15, -0.1) is 0 Å². The molecule has 0 aliphatic heterocycles. The molecular weight excluding hydrogens is 288 g/mol. The lowest BCUT2D eigenvalue weighted by atomic mass is 9.96. The quantitative estimate of drug-likeness (QED) is 0.895. The number of halogens is 2. The molecule has 0 heterocycles. The average Bonchev–Trinajstić information content (AvgIpc) is 2.42. The molecule has 0 bridgehead atoms. The third kappa shape index (κ3) is 3.34. The lowest BCUT2D eigenvalue weighted by Gasteiger charge is -2.22. The smallest absolute Gasteiger partial charge is 0.243 e. The van der Waals surface area contributed by atoms with Gasteiger partial charge in [-0.05, 0) is 30.5 Å². The molecule has 0 spiro atoms. The lowest BCUT2D eigenvalue weighted by Crippen LogP contribution is -2.36. The Balaban J connectivity index is 2.30. The fraction of sp³-hybridized carbons (Fsp3) is 0.538. The van der Waals surface area contributed by atoms with Gasteiger partial charge in [0.25, 0.3) is 0 Å². The number of rotatable bonds is 4. The molecule has 2 rings (SSSR count). The molecule has 1 saturated carbocycles. The van der Waals surface area contributed by atoms with Gasteiger partial charge in [0, 0.05) is 6.04 Å². The van der Waals surface area contributed by atoms with Crippen molar-refractivity contribution in [2.75, 3.05) is 0 Å². The number of aliphatic hydroxyl groups excluding tert-OH is 1. The van der Waals surface area contributed by atoms with Crippen molar-refractivity contribution in [3.8, 4) is 0 Å². The van der Waals surface area contributed by atoms with Gasteiger partial charge >= 0.3 is 0 Å². The van der Waals surface area contributed by atoms with Gasteiger partial charge in [-0.25, -0.2) is 21.9 Å². The molecule has 4 nitrogen and oxygen atoms in total. The van der Waals surface area contributed by atoms with E-state index in [1.807, 2.05) is 0 Å². The van der Waals surface area contributed by atoms with Crippen molar-refractivity contribution in [1.29, 1.82) is 0 Å². The highest BCUT2D eigenvalue weighted by atomic mass is 32.2. The molecule has 0 atom stereocenters. The van der Waals surface area contributed by atoms with Gasteiger partial charge in [0.15, 0.2) is 11.6 Å². The molecule has 112 valence electrons. The second-order valence-electron chi connectivity index (χ2n) is 5.00. The molecule has 2 N–H and O–H groups in total. The number of benzene rings is 1. The van der Waals surface area contributed by atoms with Crippen LogP contribution in [0.4, 0.5) is 8.78 Å². The van der Waals surface area contributed by atoms with Crippen molar-refractivity contribution < 1.29 is 22.3 Å². The summed E-state index contributed by atoms with van der Waals surface area (Å²) < 4.78 is 53.7. The normalized spacial score (nSPS) is 17.4. The van der Waals surface area contributed by atoms with Gasteiger partial charge in [0.1, 0.15) is 4.90 Å². The zero-order chi connectivity index (χ0) is 14.8. The molecule has 1 aromatic carbocycles. The fourth-order valence-electron chi connectivity index (χ4n) is 2.41. The second-order valence-corrected chi connectivity index (χ2v) is 6.69. The van der Waals surface area contributed by atoms with Crippen molar-refractivity contribution >= 4 is 10.0 Å². The van der Waals surface area contributed by atoms with Crippen LogP contribution in [0.3, 0.4) is 0 Å². The highest BCUT2D eigenvalue weighted by molar-refractivity contribution is 7.89. The molecule has 0 aromatic heterocycles. The summed E-state index contributed by atoms with van der Waals surface area (Å²) in [5.41, 5.74) is 0.0212. The van der Waals surface area contributed by atoms with Crippen LogP contribution in [0.25, 0.3) is 0 Å². The number of hydrogen-bond donors (Lipinski definition) is 2. The number of hydrogen-bond acceptors (Lipinski definition) is 3. The van der Waals surface area contributed by atoms with Crippen molar-refractivity contribution in [2.24, 2.45) is 0 Å². The van der Waals surface area contributed by atoms with Crippen LogP contribution in [0.5, 0.6) is 0 Å². The number of aliphatic hydroxyl groups is 1. The van der Waals surface area contributed by atoms with Crippen LogP contribution in [0.1, 0.15) is 37.7 Å². The maximum atomic E-state index is 13.7. The molecule has 0 saturated heterocycles. The Morgan fingerprint density at radius 3 is 2.45 bits per heavy atom. The molecule has 0 amide bonds. The Kier molecular flexibility index (Phi) is 4.72. The Labute approximate surface area is 116 Å². The van der Waals surface area contributed by atoms with E-state index in [0.29, 0.717) is 12.8 Å². The van der Waals surface area contributed by atoms with E-state index in [1.54, 1.807) is 0 Å². The van der Waals surface area contributed by atoms with Crippen molar-refractivity contribution in [3.05, 3.63) is 29.3 Å². The Morgan fingerprint density at radius 1 is 1.20 bits per heavy atom. The van der Waals surface area contributed by atoms with Crippen LogP contribution in [-0.4, -0.2) is 19.6 Å². The number of nitrogens with one attached hydrogen (secondary N) is 1. The first-order valence-corrected chi connectivity index (χ1v) is 8.03. The first-order chi connectivity index (χ1) is 9.44. The molecule has 7 heteroatoms. The fourth-order valence-corrected chi connectivity index (χ4v) is 3.85. The molecular formula is C13H17F2NO3S. The standard InChI is InChI=1S/C13H17F2NO3S/c14-11-6-9(8-17)7-12(13(11)15)20(18,19)16-10-4-2-1-3-5-10/h6-7,10,16-17H,1-5,8H2. The van der Waals surface area contributed by atoms with E-state index in [-0.39, 0.29) is 11.6 Å². The van der Waals surface area contributed by atoms with Gasteiger partial charge in [-0.3, -0.25) is 0 Å². The van der Waals surface area contributed by atoms with Gasteiger partial charge in [-0.1, -0.05) is 19.3 Å². The summed E-state index contributed by atoms with van der Waals surface area (Å²) in [5.74, 6) is -2.69. The molecule has 1 aliphatic carbocycles. The highest BCUT2D eigenvalue weighted by Gasteiger charge is 2.26. The Bertz CT molecular complexity index is 584. The van der Waals surface area contributed by atoms with E-state index in [1.165, 1.54) is 0 Å². The summed E-state index contributed by atoms with van der Waals surface area (Å²) in [5, 5.41) is 8.96. The first kappa shape index (κ1) is 15.3. The predicted octanol–water partition coefficient (Wildman–Crippen LogP) is 2.07. The zero-order valence-electron chi connectivity index (χ0n) is 10.9. The second kappa shape index (κ2) is 6.15. The Morgan fingerprint density at radius 2 is 1.85 bits per heavy atom. The van der Waals surface area contributed by atoms with Gasteiger partial charge in [0.05, 0.1) is 6.61 Å². The van der Waals surface area contributed by atoms with Crippen molar-refractivity contribution in [1.82, 2.24) is 4.72 Å². The van der Waals surface area contributed by atoms with Gasteiger partial charge in [-0.2, -0.15) is 0 Å². The summed E-state index contributed by atoms with van der Waals surface area (Å²) in [6, 6.07) is 1.51. The van der Waals surface area contributed by atoms with Crippen molar-refractivity contribution in [2.45, 2.75) is 49.6 Å². The molecule has 1 fully saturated rings. The minimum Gasteiger partial charge on any atom is -0.392 e. The largest absolute Gasteiger partial charge is 0.392 e. The van der Waals surface area contributed by atoms with E-state index in [4.69, 9.17) is 5.11 Å². The SMILES string of the molecule is O=S(=O)(NC1CCCCC1)c1cc(CO)cc(F)c1F. The van der Waals surface area contributed by atoms with Crippen LogP contribution in [0.2, 0.25) is 0 Å². The Hall–Kier alpha value is -1.05. The third-order valence-corrected chi connectivity index (χ3v) is 4.97. The van der Waals surface area contributed by atoms with Crippen LogP contribution >= 0.6 is 0 Å². The topological polar surface area (TPSA) is 66.4 Å². The summed E-state index contributed by atoms with van der Waals surface area (Å²) in [6.45, 7) is -0.552. The number of sulfonamides is 1. The highest BCUT2D eigenvalue weighted by Crippen LogP contribution is 2.23. The van der Waals surface area contributed by atoms with Crippen molar-refractivity contribution in [3.63, 3.8) is 0 Å². The monoisotopic (exact) mass is 305 g/mol. The van der Waals surface area contributed by atoms with Crippen LogP contribution in [0.15, 0.2) is 17.0 Å². The van der Waals surface area contributed by atoms with E-state index >= 15 is 0 Å². The van der Waals surface area contributed by atoms with Crippen LogP contribution in [0, 0.1) is 11.6 Å². The minimum absolute atomic E-state index is 0.0212. The maximum Gasteiger partial charge on any atom is 0.243 e. The molecule has 20 heavy (non-hydrogen) atoms. The van der Waals surface area contributed by atoms with E-state index in [2.05, 4.69) is 4.72 Å². The predicted molar refractivity (Wildman–Crippen MR) is 69.5 cm³/mol. The molecule has 0 radical (unpaired) electrons. The van der Waals surface area contributed by atoms with E-state index in [9.17, 15) is 17.2 Å². The van der Waals surface area contributed by atoms with E-state index in [0.717, 1.165) is 31.4 Å². The van der Waals surface area contributed by atoms with Crippen LogP contribution < -0.4 is 4.72 Å². The van der Waals surface area contributed by atoms with E-state index < -0.39 is 33.2 Å². The molecule has 1 aliphatic rings. The summed E-state index contributed by atoms with van der Waals surface area (Å²) in [6.07, 6.45) is 4.29. The van der Waals surface area contributed by atoms with Gasteiger partial charge in [0.2, 0.25) is 10.0 Å². The molecule has 0 unspecified atom stereocenters. The lowest BCUT2D eigenvalue weighted by molar-refractivity contribution is 0.280. The zero-order valence-corrected chi connectivity index (χ0v) is 11.7. The third-order valence-electron chi connectivity index (χ3n) is 3.45. The summed E-state index contributed by atoms with van der Waals surface area (Å²) in [4.78, 5) is -0.743. The van der Waals surface area contributed by atoms with Gasteiger partial charge < -0.3 is 5.11 Å². The summed E-state index contributed by atoms with van der Waals surface area (Å²) >= 11 is 0. The average molecular weight is 305 g/mol. The molecule has 1 aromatic rings. The first-order valence-electron chi connectivity index (χ1n) is 6.55.